The first-order valence-electron chi connectivity index (χ1n) is 7.71. The molecule has 2 heterocycles. The lowest BCUT2D eigenvalue weighted by atomic mass is 9.53. The highest BCUT2D eigenvalue weighted by molar-refractivity contribution is 5.61. The molecule has 1 saturated heterocycles. The fourth-order valence-electron chi connectivity index (χ4n) is 5.24. The molecule has 0 amide bonds. The third-order valence-electron chi connectivity index (χ3n) is 6.15. The highest BCUT2D eigenvalue weighted by Gasteiger charge is 2.64. The Morgan fingerprint density at radius 1 is 1.32 bits per heavy atom. The number of aliphatic hydroxyl groups excluding tert-OH is 1. The van der Waals surface area contributed by atoms with Gasteiger partial charge in [-0.2, -0.15) is 0 Å². The Bertz CT molecular complexity index is 673. The molecule has 1 fully saturated rings. The monoisotopic (exact) mass is 303 g/mol. The summed E-state index contributed by atoms with van der Waals surface area (Å²) in [5.74, 6) is 1.19. The second-order valence-corrected chi connectivity index (χ2v) is 6.93. The van der Waals surface area contributed by atoms with Gasteiger partial charge in [-0.3, -0.25) is 0 Å². The number of ether oxygens (including phenoxy) is 1. The first-order valence-corrected chi connectivity index (χ1v) is 7.71. The van der Waals surface area contributed by atoms with E-state index in [0.29, 0.717) is 17.7 Å². The highest BCUT2D eigenvalue weighted by atomic mass is 16.5. The largest absolute Gasteiger partial charge is 0.504 e. The van der Waals surface area contributed by atoms with Crippen LogP contribution in [0.3, 0.4) is 0 Å². The summed E-state index contributed by atoms with van der Waals surface area (Å²) in [6, 6.07) is 4.23. The quantitative estimate of drug-likeness (QED) is 0.678. The van der Waals surface area contributed by atoms with Crippen LogP contribution in [0.25, 0.3) is 0 Å². The topological polar surface area (TPSA) is 84.4 Å². The van der Waals surface area contributed by atoms with E-state index in [1.165, 1.54) is 11.1 Å². The van der Waals surface area contributed by atoms with Gasteiger partial charge in [-0.1, -0.05) is 18.2 Å². The molecule has 1 aromatic carbocycles. The summed E-state index contributed by atoms with van der Waals surface area (Å²) in [6.07, 6.45) is 5.18. The zero-order valence-electron chi connectivity index (χ0n) is 12.5. The number of hydrogen-bond acceptors (Lipinski definition) is 4. The number of phenolic OH excluding ortho intramolecular Hbond substituents is 1. The van der Waals surface area contributed by atoms with Gasteiger partial charge in [0.15, 0.2) is 11.5 Å². The van der Waals surface area contributed by atoms with Crippen LogP contribution >= 0.6 is 0 Å². The van der Waals surface area contributed by atoms with Gasteiger partial charge < -0.3 is 25.3 Å². The number of nitrogens with zero attached hydrogens (tertiary/aromatic N) is 1. The molecule has 2 bridgehead atoms. The first kappa shape index (κ1) is 14.1. The maximum atomic E-state index is 10.4. The van der Waals surface area contributed by atoms with Crippen LogP contribution in [0.2, 0.25) is 0 Å². The maximum Gasteiger partial charge on any atom is 0.165 e. The number of likely N-dealkylation sites (N-methyl/N-ethyl adjacent to an activating group) is 1. The molecule has 118 valence electrons. The summed E-state index contributed by atoms with van der Waals surface area (Å²) in [4.78, 5) is 2.43. The molecule has 5 heteroatoms. The van der Waals surface area contributed by atoms with Gasteiger partial charge in [-0.25, -0.2) is 0 Å². The molecule has 4 N–H and O–H groups in total. The predicted molar refractivity (Wildman–Crippen MR) is 81.2 cm³/mol. The third-order valence-corrected chi connectivity index (χ3v) is 6.15. The van der Waals surface area contributed by atoms with Gasteiger partial charge in [-0.05, 0) is 38.1 Å². The third kappa shape index (κ3) is 1.35. The van der Waals surface area contributed by atoms with Gasteiger partial charge >= 0.3 is 0 Å². The molecule has 22 heavy (non-hydrogen) atoms. The smallest absolute Gasteiger partial charge is 0.165 e. The summed E-state index contributed by atoms with van der Waals surface area (Å²) in [6.45, 7) is 1.01. The minimum atomic E-state index is -0.594. The molecular formula is C17H21NO4. The van der Waals surface area contributed by atoms with Gasteiger partial charge in [0.25, 0.3) is 0 Å². The van der Waals surface area contributed by atoms with Crippen LogP contribution in [-0.2, 0) is 11.8 Å². The number of benzene rings is 1. The van der Waals surface area contributed by atoms with E-state index in [-0.39, 0.29) is 22.7 Å². The molecule has 0 saturated carbocycles. The van der Waals surface area contributed by atoms with E-state index in [4.69, 9.17) is 4.74 Å². The van der Waals surface area contributed by atoms with Gasteiger partial charge in [0, 0.05) is 22.9 Å². The van der Waals surface area contributed by atoms with Crippen LogP contribution in [0.15, 0.2) is 24.3 Å². The number of phenols is 1. The van der Waals surface area contributed by atoms with E-state index < -0.39 is 6.10 Å². The van der Waals surface area contributed by atoms with Gasteiger partial charge in [0.2, 0.25) is 0 Å². The molecule has 4 aliphatic rings. The Hall–Kier alpha value is -1.56. The van der Waals surface area contributed by atoms with E-state index in [1.807, 2.05) is 12.1 Å². The normalized spacial score (nSPS) is 40.6. The first-order chi connectivity index (χ1) is 10.1. The lowest BCUT2D eigenvalue weighted by Gasteiger charge is -2.56. The van der Waals surface area contributed by atoms with Gasteiger partial charge in [0.1, 0.15) is 12.2 Å². The van der Waals surface area contributed by atoms with Crippen LogP contribution < -0.4 is 4.74 Å². The number of aliphatic hydroxyl groups is 1. The fraction of sp³-hybridized carbons (Fsp3) is 0.529. The molecule has 2 aliphatic heterocycles. The Balaban J connectivity index is 0.00000125. The molecule has 0 aromatic heterocycles. The number of hydrogen-bond donors (Lipinski definition) is 2. The molecule has 0 radical (unpaired) electrons. The van der Waals surface area contributed by atoms with Crippen molar-refractivity contribution in [2.75, 3.05) is 13.6 Å². The Kier molecular flexibility index (Phi) is 2.72. The number of likely N-dealkylation sites (tertiary alicyclic amines) is 1. The van der Waals surface area contributed by atoms with Gasteiger partial charge in [0.05, 0.1) is 0 Å². The summed E-state index contributed by atoms with van der Waals surface area (Å²) < 4.78 is 6.09. The molecule has 5 atom stereocenters. The minimum Gasteiger partial charge on any atom is -0.504 e. The van der Waals surface area contributed by atoms with Crippen molar-refractivity contribution in [3.8, 4) is 11.5 Å². The predicted octanol–water partition coefficient (Wildman–Crippen LogP) is 0.373. The van der Waals surface area contributed by atoms with Crippen LogP contribution in [0.1, 0.15) is 17.5 Å². The van der Waals surface area contributed by atoms with Crippen molar-refractivity contribution in [1.82, 2.24) is 4.90 Å². The summed E-state index contributed by atoms with van der Waals surface area (Å²) in [7, 11) is 2.19. The SMILES string of the molecule is CN1CC[C@]23c4c5ccc(O)c4OC2C(O)C=C[C@H]3[C@H]1C5.O. The number of piperidine rings is 1. The number of aromatic hydroxyl groups is 1. The molecule has 1 aromatic rings. The summed E-state index contributed by atoms with van der Waals surface area (Å²) in [5, 5.41) is 20.6. The van der Waals surface area contributed by atoms with Crippen molar-refractivity contribution in [3.63, 3.8) is 0 Å². The van der Waals surface area contributed by atoms with Crippen molar-refractivity contribution < 1.29 is 20.4 Å². The van der Waals surface area contributed by atoms with Crippen molar-refractivity contribution in [2.45, 2.75) is 36.5 Å². The van der Waals surface area contributed by atoms with Crippen molar-refractivity contribution in [3.05, 3.63) is 35.4 Å². The van der Waals surface area contributed by atoms with Crippen LogP contribution in [0.4, 0.5) is 0 Å². The minimum absolute atomic E-state index is 0. The van der Waals surface area contributed by atoms with E-state index in [0.717, 1.165) is 19.4 Å². The van der Waals surface area contributed by atoms with Crippen molar-refractivity contribution in [2.24, 2.45) is 5.92 Å². The summed E-state index contributed by atoms with van der Waals surface area (Å²) in [5.41, 5.74) is 2.29. The van der Waals surface area contributed by atoms with E-state index in [9.17, 15) is 10.2 Å². The Labute approximate surface area is 129 Å². The van der Waals surface area contributed by atoms with Crippen LogP contribution in [0.5, 0.6) is 11.5 Å². The Morgan fingerprint density at radius 3 is 2.95 bits per heavy atom. The second-order valence-electron chi connectivity index (χ2n) is 6.93. The average Bonchev–Trinajstić information content (AvgIpc) is 2.83. The average molecular weight is 303 g/mol. The van der Waals surface area contributed by atoms with Crippen molar-refractivity contribution in [1.29, 1.82) is 0 Å². The molecule has 5 rings (SSSR count). The maximum absolute atomic E-state index is 10.4. The van der Waals surface area contributed by atoms with Crippen molar-refractivity contribution >= 4 is 0 Å². The van der Waals surface area contributed by atoms with E-state index in [2.05, 4.69) is 18.0 Å². The zero-order chi connectivity index (χ0) is 14.4. The molecule has 5 nitrogen and oxygen atoms in total. The second kappa shape index (κ2) is 4.25. The van der Waals surface area contributed by atoms with E-state index >= 15 is 0 Å². The molecule has 2 unspecified atom stereocenters. The summed E-state index contributed by atoms with van der Waals surface area (Å²) >= 11 is 0. The van der Waals surface area contributed by atoms with Crippen LogP contribution in [0, 0.1) is 5.92 Å². The number of rotatable bonds is 0. The van der Waals surface area contributed by atoms with Crippen LogP contribution in [-0.4, -0.2) is 52.4 Å². The molecule has 1 spiro atoms. The lowest BCUT2D eigenvalue weighted by Crippen LogP contribution is -2.64. The zero-order valence-corrected chi connectivity index (χ0v) is 12.5. The standard InChI is InChI=1S/C17H19NO3.H2O/c1-18-7-6-17-10-3-5-13(20)16(17)21-15-12(19)4-2-9(14(15)17)8-11(10)18;/h2-5,10-11,13,16,19-20H,6-8H2,1H3;1H2/t10-,11+,13?,16?,17-;/m0./s1. The molecular weight excluding hydrogens is 282 g/mol. The highest BCUT2D eigenvalue weighted by Crippen LogP contribution is 2.62. The lowest BCUT2D eigenvalue weighted by molar-refractivity contribution is -0.0453. The fourth-order valence-corrected chi connectivity index (χ4v) is 5.24. The van der Waals surface area contributed by atoms with Gasteiger partial charge in [-0.15, -0.1) is 0 Å². The molecule has 2 aliphatic carbocycles. The van der Waals surface area contributed by atoms with E-state index in [1.54, 1.807) is 6.07 Å². The Morgan fingerprint density at radius 2 is 2.14 bits per heavy atom.